The first-order valence-corrected chi connectivity index (χ1v) is 2.48. The number of nitrogens with two attached hydrogens (primary N) is 1. The second-order valence-electron chi connectivity index (χ2n) is 1.17. The minimum absolute atomic E-state index is 0.398. The molecule has 0 aliphatic rings. The Morgan fingerprint density at radius 3 is 2.57 bits per heavy atom. The molecule has 2 N–H and O–H groups in total. The first kappa shape index (κ1) is 6.74. The van der Waals surface area contributed by atoms with Crippen LogP contribution < -0.4 is 5.73 Å². The maximum absolute atomic E-state index is 8.03. The molecule has 0 saturated heterocycles. The van der Waals surface area contributed by atoms with Crippen LogP contribution in [0, 0.1) is 11.3 Å². The molecule has 0 fully saturated rings. The molecule has 3 heteroatoms. The average Bonchev–Trinajstić information content (AvgIpc) is 1.68. The lowest BCUT2D eigenvalue weighted by Gasteiger charge is -1.90. The number of nitriles is 1. The van der Waals surface area contributed by atoms with Crippen molar-refractivity contribution in [1.29, 1.82) is 5.26 Å². The predicted octanol–water partition coefficient (Wildman–Crippen LogP) is 0.466. The van der Waals surface area contributed by atoms with E-state index in [9.17, 15) is 0 Å². The minimum Gasteiger partial charge on any atom is -0.330 e. The highest BCUT2D eigenvalue weighted by molar-refractivity contribution is 6.22. The van der Waals surface area contributed by atoms with Crippen molar-refractivity contribution in [3.8, 4) is 6.07 Å². The summed E-state index contributed by atoms with van der Waals surface area (Å²) in [5, 5.41) is 7.63. The van der Waals surface area contributed by atoms with Gasteiger partial charge in [-0.25, -0.2) is 0 Å². The monoisotopic (exact) mass is 118 g/mol. The van der Waals surface area contributed by atoms with Gasteiger partial charge in [0.2, 0.25) is 0 Å². The summed E-state index contributed by atoms with van der Waals surface area (Å²) in [6.45, 7) is 0.488. The van der Waals surface area contributed by atoms with Crippen LogP contribution in [0.3, 0.4) is 0 Å². The van der Waals surface area contributed by atoms with Crippen LogP contribution in [0.2, 0.25) is 0 Å². The van der Waals surface area contributed by atoms with E-state index in [-0.39, 0.29) is 0 Å². The van der Waals surface area contributed by atoms with Gasteiger partial charge in [0.25, 0.3) is 0 Å². The first-order valence-electron chi connectivity index (χ1n) is 2.05. The molecule has 0 saturated carbocycles. The van der Waals surface area contributed by atoms with Crippen LogP contribution in [-0.4, -0.2) is 11.9 Å². The van der Waals surface area contributed by atoms with Gasteiger partial charge in [-0.2, -0.15) is 5.26 Å². The molecule has 0 heterocycles. The molecule has 0 spiro atoms. The Morgan fingerprint density at radius 1 is 1.86 bits per heavy atom. The largest absolute Gasteiger partial charge is 0.330 e. The van der Waals surface area contributed by atoms with Gasteiger partial charge < -0.3 is 5.73 Å². The summed E-state index contributed by atoms with van der Waals surface area (Å²) in [5.74, 6) is 0. The van der Waals surface area contributed by atoms with Gasteiger partial charge in [-0.1, -0.05) is 0 Å². The van der Waals surface area contributed by atoms with Crippen LogP contribution in [-0.2, 0) is 0 Å². The average molecular weight is 119 g/mol. The predicted molar refractivity (Wildman–Crippen MR) is 28.9 cm³/mol. The van der Waals surface area contributed by atoms with Crippen LogP contribution in [0.5, 0.6) is 0 Å². The normalized spacial score (nSPS) is 12.7. The van der Waals surface area contributed by atoms with E-state index < -0.39 is 5.38 Å². The molecule has 0 aliphatic heterocycles. The van der Waals surface area contributed by atoms with Crippen molar-refractivity contribution in [3.63, 3.8) is 0 Å². The van der Waals surface area contributed by atoms with Crippen LogP contribution >= 0.6 is 11.6 Å². The number of hydrogen-bond donors (Lipinski definition) is 1. The third-order valence-corrected chi connectivity index (χ3v) is 0.876. The molecular formula is C4H7ClN2. The van der Waals surface area contributed by atoms with Crippen molar-refractivity contribution in [2.75, 3.05) is 6.54 Å². The summed E-state index contributed by atoms with van der Waals surface area (Å²) in [6.07, 6.45) is 0.581. The Kier molecular flexibility index (Phi) is 3.77. The van der Waals surface area contributed by atoms with Crippen molar-refractivity contribution < 1.29 is 0 Å². The Morgan fingerprint density at radius 2 is 2.43 bits per heavy atom. The van der Waals surface area contributed by atoms with E-state index in [4.69, 9.17) is 22.6 Å². The van der Waals surface area contributed by atoms with E-state index in [2.05, 4.69) is 0 Å². The maximum atomic E-state index is 8.03. The van der Waals surface area contributed by atoms with Gasteiger partial charge in [0, 0.05) is 0 Å². The topological polar surface area (TPSA) is 49.8 Å². The number of halogens is 1. The fraction of sp³-hybridized carbons (Fsp3) is 0.750. The van der Waals surface area contributed by atoms with Gasteiger partial charge in [0.1, 0.15) is 5.38 Å². The highest BCUT2D eigenvalue weighted by Gasteiger charge is 1.96. The lowest BCUT2D eigenvalue weighted by Crippen LogP contribution is -2.05. The quantitative estimate of drug-likeness (QED) is 0.536. The Balaban J connectivity index is 3.04. The van der Waals surface area contributed by atoms with Gasteiger partial charge in [-0.3, -0.25) is 0 Å². The number of rotatable bonds is 2. The molecule has 1 atom stereocenters. The Labute approximate surface area is 47.9 Å². The van der Waals surface area contributed by atoms with Crippen molar-refractivity contribution in [2.24, 2.45) is 5.73 Å². The lowest BCUT2D eigenvalue weighted by atomic mass is 10.3. The summed E-state index contributed by atoms with van der Waals surface area (Å²) in [7, 11) is 0. The van der Waals surface area contributed by atoms with Gasteiger partial charge in [-0.05, 0) is 13.0 Å². The summed E-state index contributed by atoms with van der Waals surface area (Å²) < 4.78 is 0. The maximum Gasteiger partial charge on any atom is 0.121 e. The Hall–Kier alpha value is -0.260. The van der Waals surface area contributed by atoms with Gasteiger partial charge >= 0.3 is 0 Å². The molecule has 0 aromatic rings. The molecule has 0 aromatic heterocycles. The van der Waals surface area contributed by atoms with E-state index in [1.54, 1.807) is 0 Å². The molecule has 0 amide bonds. The molecule has 0 radical (unpaired) electrons. The number of nitrogens with zero attached hydrogens (tertiary/aromatic N) is 1. The third kappa shape index (κ3) is 3.57. The molecular weight excluding hydrogens is 112 g/mol. The van der Waals surface area contributed by atoms with E-state index >= 15 is 0 Å². The molecule has 2 nitrogen and oxygen atoms in total. The van der Waals surface area contributed by atoms with Gasteiger partial charge in [-0.15, -0.1) is 11.6 Å². The second kappa shape index (κ2) is 3.91. The molecule has 0 aliphatic carbocycles. The second-order valence-corrected chi connectivity index (χ2v) is 1.70. The van der Waals surface area contributed by atoms with Crippen LogP contribution in [0.4, 0.5) is 0 Å². The zero-order valence-electron chi connectivity index (χ0n) is 3.89. The number of alkyl halides is 1. The van der Waals surface area contributed by atoms with E-state index in [1.165, 1.54) is 0 Å². The van der Waals surface area contributed by atoms with E-state index in [1.807, 2.05) is 6.07 Å². The molecule has 0 aromatic carbocycles. The molecule has 0 rings (SSSR count). The standard InChI is InChI=1S/C4H7ClN2/c5-4(3-7)1-2-6/h4H,1-2,6H2. The van der Waals surface area contributed by atoms with Crippen molar-refractivity contribution in [3.05, 3.63) is 0 Å². The van der Waals surface area contributed by atoms with Crippen molar-refractivity contribution in [1.82, 2.24) is 0 Å². The summed E-state index contributed by atoms with van der Waals surface area (Å²) in [4.78, 5) is 0. The highest BCUT2D eigenvalue weighted by Crippen LogP contribution is 1.95. The lowest BCUT2D eigenvalue weighted by molar-refractivity contribution is 0.868. The highest BCUT2D eigenvalue weighted by atomic mass is 35.5. The fourth-order valence-corrected chi connectivity index (χ4v) is 0.337. The molecule has 0 bridgehead atoms. The Bertz CT molecular complexity index is 76.2. The summed E-state index contributed by atoms with van der Waals surface area (Å²) >= 11 is 5.32. The van der Waals surface area contributed by atoms with Crippen LogP contribution in [0.25, 0.3) is 0 Å². The van der Waals surface area contributed by atoms with Crippen molar-refractivity contribution >= 4 is 11.6 Å². The number of hydrogen-bond acceptors (Lipinski definition) is 2. The first-order chi connectivity index (χ1) is 3.31. The SMILES string of the molecule is N#CC(Cl)CCN. The molecule has 7 heavy (non-hydrogen) atoms. The van der Waals surface area contributed by atoms with Crippen molar-refractivity contribution in [2.45, 2.75) is 11.8 Å². The molecule has 40 valence electrons. The third-order valence-electron chi connectivity index (χ3n) is 0.560. The van der Waals surface area contributed by atoms with Crippen LogP contribution in [0.1, 0.15) is 6.42 Å². The zero-order chi connectivity index (χ0) is 5.70. The van der Waals surface area contributed by atoms with E-state index in [0.29, 0.717) is 13.0 Å². The molecule has 1 unspecified atom stereocenters. The van der Waals surface area contributed by atoms with E-state index in [0.717, 1.165) is 0 Å². The smallest absolute Gasteiger partial charge is 0.121 e. The zero-order valence-corrected chi connectivity index (χ0v) is 4.65. The van der Waals surface area contributed by atoms with Crippen LogP contribution in [0.15, 0.2) is 0 Å². The van der Waals surface area contributed by atoms with Gasteiger partial charge in [0.05, 0.1) is 6.07 Å². The minimum atomic E-state index is -0.398. The van der Waals surface area contributed by atoms with Gasteiger partial charge in [0.15, 0.2) is 0 Å². The summed E-state index contributed by atoms with van der Waals surface area (Å²) in [5.41, 5.74) is 5.07. The fourth-order valence-electron chi connectivity index (χ4n) is 0.211. The summed E-state index contributed by atoms with van der Waals surface area (Å²) in [6, 6.07) is 1.85.